The Kier molecular flexibility index (Phi) is 9.36. The maximum atomic E-state index is 5.39. The number of hydrogen-bond donors (Lipinski definition) is 3. The van der Waals surface area contributed by atoms with E-state index in [4.69, 9.17) is 9.73 Å². The fraction of sp³-hybridized carbons (Fsp3) is 0.550. The first-order valence-corrected chi connectivity index (χ1v) is 9.66. The van der Waals surface area contributed by atoms with Crippen LogP contribution in [-0.2, 0) is 11.2 Å². The Morgan fingerprint density at radius 1 is 1.22 bits per heavy atom. The maximum absolute atomic E-state index is 5.39. The molecule has 0 saturated carbocycles. The largest absolute Gasteiger partial charge is 0.379 e. The number of para-hydroxylation sites is 1. The number of aromatic amines is 1. The molecule has 1 fully saturated rings. The normalized spacial score (nSPS) is 15.6. The van der Waals surface area contributed by atoms with Gasteiger partial charge in [-0.25, -0.2) is 0 Å². The monoisotopic (exact) mass is 485 g/mol. The molecule has 27 heavy (non-hydrogen) atoms. The van der Waals surface area contributed by atoms with E-state index in [9.17, 15) is 0 Å². The van der Waals surface area contributed by atoms with Crippen LogP contribution < -0.4 is 10.6 Å². The van der Waals surface area contributed by atoms with E-state index in [-0.39, 0.29) is 24.0 Å². The van der Waals surface area contributed by atoms with Crippen molar-refractivity contribution in [3.63, 3.8) is 0 Å². The fourth-order valence-corrected chi connectivity index (χ4v) is 3.43. The standard InChI is InChI=1S/C20H31N5O.HI/c1-3-21-20(23-10-11-25-12-14-26-15-13-25)22-9-8-17-16(2)24-19-7-5-4-6-18(17)19;/h4-7,24H,3,8-15H2,1-2H3,(H2,21,22,23);1H. The molecule has 6 nitrogen and oxygen atoms in total. The third kappa shape index (κ3) is 6.36. The van der Waals surface area contributed by atoms with Crippen molar-refractivity contribution >= 4 is 40.8 Å². The molecule has 2 heterocycles. The van der Waals surface area contributed by atoms with Crippen LogP contribution in [-0.4, -0.2) is 68.3 Å². The molecule has 1 saturated heterocycles. The van der Waals surface area contributed by atoms with E-state index < -0.39 is 0 Å². The summed E-state index contributed by atoms with van der Waals surface area (Å²) in [6.45, 7) is 11.5. The zero-order valence-corrected chi connectivity index (χ0v) is 18.7. The molecule has 150 valence electrons. The Bertz CT molecular complexity index is 724. The van der Waals surface area contributed by atoms with Gasteiger partial charge in [0.1, 0.15) is 0 Å². The van der Waals surface area contributed by atoms with Gasteiger partial charge >= 0.3 is 0 Å². The summed E-state index contributed by atoms with van der Waals surface area (Å²) in [5.74, 6) is 0.901. The molecule has 3 rings (SSSR count). The Hall–Kier alpha value is -1.32. The van der Waals surface area contributed by atoms with Crippen molar-refractivity contribution in [1.29, 1.82) is 0 Å². The van der Waals surface area contributed by atoms with Crippen LogP contribution in [0.4, 0.5) is 0 Å². The van der Waals surface area contributed by atoms with Crippen molar-refractivity contribution < 1.29 is 4.74 Å². The van der Waals surface area contributed by atoms with Gasteiger partial charge in [0.2, 0.25) is 0 Å². The number of fused-ring (bicyclic) bond motifs is 1. The predicted molar refractivity (Wildman–Crippen MR) is 123 cm³/mol. The van der Waals surface area contributed by atoms with Crippen molar-refractivity contribution in [2.24, 2.45) is 4.99 Å². The minimum Gasteiger partial charge on any atom is -0.379 e. The molecule has 0 radical (unpaired) electrons. The van der Waals surface area contributed by atoms with Gasteiger partial charge in [-0.3, -0.25) is 9.89 Å². The van der Waals surface area contributed by atoms with Crippen LogP contribution in [0.25, 0.3) is 10.9 Å². The first kappa shape index (κ1) is 22.0. The Labute approximate surface area is 179 Å². The molecule has 2 aromatic rings. The molecule has 7 heteroatoms. The topological polar surface area (TPSA) is 64.7 Å². The molecule has 1 aliphatic heterocycles. The highest BCUT2D eigenvalue weighted by molar-refractivity contribution is 14.0. The summed E-state index contributed by atoms with van der Waals surface area (Å²) < 4.78 is 5.39. The van der Waals surface area contributed by atoms with Gasteiger partial charge in [-0.2, -0.15) is 0 Å². The highest BCUT2D eigenvalue weighted by Crippen LogP contribution is 2.21. The maximum Gasteiger partial charge on any atom is 0.191 e. The number of ether oxygens (including phenoxy) is 1. The second-order valence-corrected chi connectivity index (χ2v) is 6.67. The lowest BCUT2D eigenvalue weighted by Crippen LogP contribution is -2.40. The number of nitrogens with one attached hydrogen (secondary N) is 3. The van der Waals surface area contributed by atoms with Crippen LogP contribution in [0.5, 0.6) is 0 Å². The van der Waals surface area contributed by atoms with Gasteiger partial charge < -0.3 is 20.4 Å². The number of nitrogens with zero attached hydrogens (tertiary/aromatic N) is 2. The molecule has 0 aliphatic carbocycles. The van der Waals surface area contributed by atoms with Crippen LogP contribution in [0.15, 0.2) is 29.3 Å². The second kappa shape index (κ2) is 11.5. The lowest BCUT2D eigenvalue weighted by molar-refractivity contribution is 0.0394. The summed E-state index contributed by atoms with van der Waals surface area (Å²) in [5.41, 5.74) is 3.85. The summed E-state index contributed by atoms with van der Waals surface area (Å²) in [5, 5.41) is 8.13. The molecule has 0 unspecified atom stereocenters. The van der Waals surface area contributed by atoms with Crippen molar-refractivity contribution in [1.82, 2.24) is 20.5 Å². The molecule has 1 aromatic heterocycles. The zero-order chi connectivity index (χ0) is 18.2. The van der Waals surface area contributed by atoms with Crippen molar-refractivity contribution in [2.75, 3.05) is 52.5 Å². The summed E-state index contributed by atoms with van der Waals surface area (Å²) in [4.78, 5) is 10.6. The number of rotatable bonds is 7. The number of aromatic nitrogens is 1. The lowest BCUT2D eigenvalue weighted by atomic mass is 10.1. The second-order valence-electron chi connectivity index (χ2n) is 6.67. The van der Waals surface area contributed by atoms with Crippen molar-refractivity contribution in [3.8, 4) is 0 Å². The number of morpholine rings is 1. The molecule has 0 bridgehead atoms. The molecule has 3 N–H and O–H groups in total. The molecule has 1 aromatic carbocycles. The first-order valence-electron chi connectivity index (χ1n) is 9.66. The molecular formula is C20H32IN5O. The summed E-state index contributed by atoms with van der Waals surface area (Å²) in [6, 6.07) is 8.50. The summed E-state index contributed by atoms with van der Waals surface area (Å²) in [6.07, 6.45) is 0.976. The molecule has 0 spiro atoms. The van der Waals surface area contributed by atoms with E-state index in [0.717, 1.165) is 64.9 Å². The Morgan fingerprint density at radius 2 is 2.00 bits per heavy atom. The average Bonchev–Trinajstić information content (AvgIpc) is 2.98. The molecule has 0 atom stereocenters. The van der Waals surface area contributed by atoms with Gasteiger partial charge in [-0.1, -0.05) is 18.2 Å². The van der Waals surface area contributed by atoms with Gasteiger partial charge in [-0.15, -0.1) is 24.0 Å². The number of aryl methyl sites for hydroxylation is 1. The minimum absolute atomic E-state index is 0. The van der Waals surface area contributed by atoms with Crippen LogP contribution in [0.1, 0.15) is 18.2 Å². The number of hydrogen-bond acceptors (Lipinski definition) is 3. The third-order valence-corrected chi connectivity index (χ3v) is 4.83. The van der Waals surface area contributed by atoms with E-state index >= 15 is 0 Å². The number of benzene rings is 1. The fourth-order valence-electron chi connectivity index (χ4n) is 3.43. The summed E-state index contributed by atoms with van der Waals surface area (Å²) in [7, 11) is 0. The average molecular weight is 485 g/mol. The van der Waals surface area contributed by atoms with Gasteiger partial charge in [0.15, 0.2) is 5.96 Å². The number of guanidine groups is 1. The molecule has 0 amide bonds. The van der Waals surface area contributed by atoms with Crippen molar-refractivity contribution in [2.45, 2.75) is 20.3 Å². The lowest BCUT2D eigenvalue weighted by Gasteiger charge is -2.25. The molecule has 1 aliphatic rings. The van der Waals surface area contributed by atoms with Crippen LogP contribution in [0, 0.1) is 6.92 Å². The third-order valence-electron chi connectivity index (χ3n) is 4.83. The van der Waals surface area contributed by atoms with E-state index in [1.54, 1.807) is 0 Å². The van der Waals surface area contributed by atoms with E-state index in [1.807, 2.05) is 0 Å². The van der Waals surface area contributed by atoms with Gasteiger partial charge in [0, 0.05) is 49.3 Å². The molecular weight excluding hydrogens is 453 g/mol. The number of halogens is 1. The van der Waals surface area contributed by atoms with Gasteiger partial charge in [0.05, 0.1) is 19.8 Å². The quantitative estimate of drug-likeness (QED) is 0.321. The first-order chi connectivity index (χ1) is 12.8. The van der Waals surface area contributed by atoms with Crippen LogP contribution >= 0.6 is 24.0 Å². The Morgan fingerprint density at radius 3 is 2.78 bits per heavy atom. The van der Waals surface area contributed by atoms with Crippen molar-refractivity contribution in [3.05, 3.63) is 35.5 Å². The zero-order valence-electron chi connectivity index (χ0n) is 16.4. The van der Waals surface area contributed by atoms with Gasteiger partial charge in [0.25, 0.3) is 0 Å². The van der Waals surface area contributed by atoms with E-state index in [2.05, 4.69) is 58.6 Å². The number of H-pyrrole nitrogens is 1. The Balaban J connectivity index is 0.00000261. The highest BCUT2D eigenvalue weighted by atomic mass is 127. The van der Waals surface area contributed by atoms with E-state index in [1.165, 1.54) is 22.2 Å². The minimum atomic E-state index is 0. The van der Waals surface area contributed by atoms with Gasteiger partial charge in [-0.05, 0) is 31.9 Å². The smallest absolute Gasteiger partial charge is 0.191 e. The SMILES string of the molecule is CCNC(=NCCN1CCOCC1)NCCc1c(C)[nH]c2ccccc12.I. The van der Waals surface area contributed by atoms with Crippen LogP contribution in [0.2, 0.25) is 0 Å². The number of aliphatic imine (C=N–C) groups is 1. The van der Waals surface area contributed by atoms with E-state index in [0.29, 0.717) is 0 Å². The van der Waals surface area contributed by atoms with Crippen LogP contribution in [0.3, 0.4) is 0 Å². The summed E-state index contributed by atoms with van der Waals surface area (Å²) >= 11 is 0. The predicted octanol–water partition coefficient (Wildman–Crippen LogP) is 2.52. The highest BCUT2D eigenvalue weighted by Gasteiger charge is 2.10.